The number of likely N-dealkylation sites (tertiary alicyclic amines) is 1. The molecule has 2 fully saturated rings. The van der Waals surface area contributed by atoms with E-state index in [1.54, 1.807) is 18.2 Å². The van der Waals surface area contributed by atoms with E-state index in [2.05, 4.69) is 0 Å². The molecule has 0 aromatic carbocycles. The molecule has 1 saturated carbocycles. The Balaban J connectivity index is 1.90. The van der Waals surface area contributed by atoms with Crippen LogP contribution in [0.2, 0.25) is 0 Å². The molecular formula is C33H42N2O10. The second kappa shape index (κ2) is 13.0. The van der Waals surface area contributed by atoms with E-state index >= 15 is 0 Å². The molecule has 2 heterocycles. The zero-order valence-corrected chi connectivity index (χ0v) is 26.1. The molecule has 1 saturated heterocycles. The van der Waals surface area contributed by atoms with Crippen LogP contribution in [0.3, 0.4) is 0 Å². The number of allylic oxidation sites excluding steroid dienone is 5. The fourth-order valence-electron chi connectivity index (χ4n) is 8.24. The first-order valence-electron chi connectivity index (χ1n) is 15.4. The summed E-state index contributed by atoms with van der Waals surface area (Å²) in [7, 11) is 0. The molecule has 6 unspecified atom stereocenters. The monoisotopic (exact) mass is 626 g/mol. The van der Waals surface area contributed by atoms with Gasteiger partial charge in [-0.3, -0.25) is 14.4 Å². The van der Waals surface area contributed by atoms with E-state index in [0.717, 1.165) is 11.3 Å². The Bertz CT molecular complexity index is 1390. The molecule has 2 aliphatic carbocycles. The molecule has 244 valence electrons. The lowest BCUT2D eigenvalue weighted by molar-refractivity contribution is -0.171. The van der Waals surface area contributed by atoms with Crippen molar-refractivity contribution in [1.82, 2.24) is 9.80 Å². The maximum atomic E-state index is 14.3. The number of aliphatic carboxylic acids is 3. The summed E-state index contributed by atoms with van der Waals surface area (Å²) >= 11 is 0. The first kappa shape index (κ1) is 33.7. The number of esters is 1. The van der Waals surface area contributed by atoms with Crippen LogP contribution in [0.25, 0.3) is 0 Å². The highest BCUT2D eigenvalue weighted by molar-refractivity contribution is 6.02. The van der Waals surface area contributed by atoms with Crippen molar-refractivity contribution in [2.45, 2.75) is 96.9 Å². The van der Waals surface area contributed by atoms with Crippen LogP contribution in [-0.4, -0.2) is 91.6 Å². The van der Waals surface area contributed by atoms with Gasteiger partial charge in [-0.15, -0.1) is 0 Å². The first-order chi connectivity index (χ1) is 21.2. The molecule has 45 heavy (non-hydrogen) atoms. The van der Waals surface area contributed by atoms with Crippen molar-refractivity contribution in [3.8, 4) is 0 Å². The van der Waals surface area contributed by atoms with Gasteiger partial charge in [0, 0.05) is 42.4 Å². The number of ether oxygens (including phenoxy) is 1. The highest BCUT2D eigenvalue weighted by Crippen LogP contribution is 2.62. The number of rotatable bonds is 11. The van der Waals surface area contributed by atoms with Crippen LogP contribution >= 0.6 is 0 Å². The van der Waals surface area contributed by atoms with E-state index < -0.39 is 83.1 Å². The van der Waals surface area contributed by atoms with Crippen LogP contribution in [0.4, 0.5) is 0 Å². The van der Waals surface area contributed by atoms with Crippen LogP contribution in [0.15, 0.2) is 47.6 Å². The maximum absolute atomic E-state index is 14.3. The van der Waals surface area contributed by atoms with Gasteiger partial charge in [0.15, 0.2) is 0 Å². The molecule has 3 N–H and O–H groups in total. The first-order valence-corrected chi connectivity index (χ1v) is 15.4. The Kier molecular flexibility index (Phi) is 9.74. The van der Waals surface area contributed by atoms with Crippen LogP contribution in [0.5, 0.6) is 0 Å². The number of fused-ring (bicyclic) bond motifs is 2. The molecule has 0 radical (unpaired) electrons. The molecule has 2 amide bonds. The summed E-state index contributed by atoms with van der Waals surface area (Å²) in [6.45, 7) is 7.48. The molecule has 12 heteroatoms. The maximum Gasteiger partial charge on any atom is 0.331 e. The standard InChI is InChI=1S/C33H42N2O10/c1-5-6-7-8-9-11-24(39)45-27-26(35-21(31(43)44)12-14-22(35)36)19-18-34(20(30(41)42)13-15-23(37)38)29(40)25(19)33(4)17-10-16-32(2,3)28(27)33/h5-9,11,20-21,26-28H,10,12-18H2,1-4H3,(H,37,38)(H,41,42)(H,43,44). The quantitative estimate of drug-likeness (QED) is 0.175. The number of carbonyl (C=O) groups is 6. The van der Waals surface area contributed by atoms with Gasteiger partial charge in [0.25, 0.3) is 5.91 Å². The highest BCUT2D eigenvalue weighted by atomic mass is 16.5. The number of nitrogens with zero attached hydrogens (tertiary/aromatic N) is 2. The van der Waals surface area contributed by atoms with Gasteiger partial charge in [0.2, 0.25) is 5.91 Å². The minimum absolute atomic E-state index is 0.0307. The van der Waals surface area contributed by atoms with Crippen molar-refractivity contribution in [3.63, 3.8) is 0 Å². The van der Waals surface area contributed by atoms with Gasteiger partial charge in [0.05, 0.1) is 6.04 Å². The predicted molar refractivity (Wildman–Crippen MR) is 161 cm³/mol. The lowest BCUT2D eigenvalue weighted by Crippen LogP contribution is -2.64. The number of hydrogen-bond donors (Lipinski definition) is 3. The lowest BCUT2D eigenvalue weighted by Gasteiger charge is -2.58. The summed E-state index contributed by atoms with van der Waals surface area (Å²) in [5.74, 6) is -6.09. The van der Waals surface area contributed by atoms with E-state index in [9.17, 15) is 44.1 Å². The van der Waals surface area contributed by atoms with E-state index in [1.807, 2.05) is 33.8 Å². The third-order valence-corrected chi connectivity index (χ3v) is 9.89. The highest BCUT2D eigenvalue weighted by Gasteiger charge is 2.65. The van der Waals surface area contributed by atoms with Gasteiger partial charge in [0.1, 0.15) is 18.2 Å². The third kappa shape index (κ3) is 6.32. The minimum Gasteiger partial charge on any atom is -0.481 e. The van der Waals surface area contributed by atoms with Crippen molar-refractivity contribution in [2.75, 3.05) is 6.54 Å². The summed E-state index contributed by atoms with van der Waals surface area (Å²) in [4.78, 5) is 79.7. The summed E-state index contributed by atoms with van der Waals surface area (Å²) in [5, 5.41) is 29.5. The average molecular weight is 627 g/mol. The summed E-state index contributed by atoms with van der Waals surface area (Å²) < 4.78 is 6.21. The van der Waals surface area contributed by atoms with E-state index in [1.165, 1.54) is 17.1 Å². The molecule has 0 aromatic rings. The predicted octanol–water partition coefficient (Wildman–Crippen LogP) is 3.33. The van der Waals surface area contributed by atoms with Crippen LogP contribution < -0.4 is 0 Å². The Morgan fingerprint density at radius 2 is 1.71 bits per heavy atom. The van der Waals surface area contributed by atoms with Crippen LogP contribution in [0, 0.1) is 16.7 Å². The number of hydrogen-bond acceptors (Lipinski definition) is 7. The lowest BCUT2D eigenvalue weighted by atomic mass is 9.48. The van der Waals surface area contributed by atoms with E-state index in [-0.39, 0.29) is 25.8 Å². The zero-order valence-electron chi connectivity index (χ0n) is 26.1. The zero-order chi connectivity index (χ0) is 33.3. The fourth-order valence-corrected chi connectivity index (χ4v) is 8.24. The molecule has 6 atom stereocenters. The van der Waals surface area contributed by atoms with Crippen molar-refractivity contribution in [2.24, 2.45) is 16.7 Å². The Morgan fingerprint density at radius 1 is 1.02 bits per heavy atom. The van der Waals surface area contributed by atoms with Gasteiger partial charge in [-0.25, -0.2) is 14.4 Å². The molecule has 0 bridgehead atoms. The second-order valence-electron chi connectivity index (χ2n) is 13.2. The number of carbonyl (C=O) groups excluding carboxylic acids is 3. The van der Waals surface area contributed by atoms with Crippen LogP contribution in [-0.2, 0) is 33.5 Å². The molecular weight excluding hydrogens is 584 g/mol. The van der Waals surface area contributed by atoms with Crippen molar-refractivity contribution in [1.29, 1.82) is 0 Å². The van der Waals surface area contributed by atoms with Crippen LogP contribution in [0.1, 0.15) is 72.6 Å². The molecule has 4 rings (SSSR count). The molecule has 0 aromatic heterocycles. The number of carboxylic acid groups (broad SMARTS) is 3. The molecule has 12 nitrogen and oxygen atoms in total. The van der Waals surface area contributed by atoms with Gasteiger partial charge in [-0.1, -0.05) is 57.6 Å². The molecule has 0 spiro atoms. The van der Waals surface area contributed by atoms with Crippen molar-refractivity contribution >= 4 is 35.7 Å². The minimum atomic E-state index is -1.46. The van der Waals surface area contributed by atoms with Gasteiger partial charge >= 0.3 is 23.9 Å². The average Bonchev–Trinajstić information content (AvgIpc) is 3.48. The van der Waals surface area contributed by atoms with Gasteiger partial charge < -0.3 is 29.9 Å². The van der Waals surface area contributed by atoms with Gasteiger partial charge in [-0.05, 0) is 43.6 Å². The number of amides is 2. The smallest absolute Gasteiger partial charge is 0.331 e. The summed E-state index contributed by atoms with van der Waals surface area (Å²) in [6.07, 6.45) is 9.82. The topological polar surface area (TPSA) is 179 Å². The Hall–Kier alpha value is -4.22. The summed E-state index contributed by atoms with van der Waals surface area (Å²) in [6, 6.07) is -3.83. The molecule has 2 aliphatic heterocycles. The SMILES string of the molecule is CC=CC=CC=CC(=O)OC1C(N2C(=O)CCC2C(=O)O)C2=C(C(=O)N(C(CCC(=O)O)C(=O)O)C2)C2(C)CCCC(C)(C)C12. The normalized spacial score (nSPS) is 30.3. The Morgan fingerprint density at radius 3 is 2.33 bits per heavy atom. The van der Waals surface area contributed by atoms with E-state index in [4.69, 9.17) is 4.74 Å². The number of carboxylic acids is 3. The van der Waals surface area contributed by atoms with E-state index in [0.29, 0.717) is 24.0 Å². The molecule has 4 aliphatic rings. The van der Waals surface area contributed by atoms with Crippen molar-refractivity contribution < 1.29 is 48.8 Å². The summed E-state index contributed by atoms with van der Waals surface area (Å²) in [5.41, 5.74) is -0.770. The van der Waals surface area contributed by atoms with Gasteiger partial charge in [-0.2, -0.15) is 0 Å². The Labute approximate surface area is 262 Å². The fraction of sp³-hybridized carbons (Fsp3) is 0.576. The second-order valence-corrected chi connectivity index (χ2v) is 13.2. The largest absolute Gasteiger partial charge is 0.481 e. The third-order valence-electron chi connectivity index (χ3n) is 9.89. The van der Waals surface area contributed by atoms with Crippen molar-refractivity contribution in [3.05, 3.63) is 47.6 Å².